The molecule has 0 radical (unpaired) electrons. The fourth-order valence-electron chi connectivity index (χ4n) is 1.70. The van der Waals surface area contributed by atoms with Crippen LogP contribution in [0.3, 0.4) is 0 Å². The number of pyridine rings is 2. The lowest BCUT2D eigenvalue weighted by atomic mass is 10.1. The van der Waals surface area contributed by atoms with Gasteiger partial charge in [-0.05, 0) is 37.6 Å². The fourth-order valence-corrected chi connectivity index (χ4v) is 1.70. The van der Waals surface area contributed by atoms with Crippen molar-refractivity contribution >= 4 is 23.6 Å². The number of nitrogens with two attached hydrogens (primary N) is 1. The van der Waals surface area contributed by atoms with E-state index in [1.165, 1.54) is 6.20 Å². The first-order valence-electron chi connectivity index (χ1n) is 7.95. The Kier molecular flexibility index (Phi) is 9.53. The Morgan fingerprint density at radius 1 is 1.15 bits per heavy atom. The zero-order valence-corrected chi connectivity index (χ0v) is 14.5. The van der Waals surface area contributed by atoms with E-state index in [1.807, 2.05) is 12.1 Å². The molecule has 26 heavy (non-hydrogen) atoms. The molecule has 2 heterocycles. The second kappa shape index (κ2) is 12.0. The molecule has 4 N–H and O–H groups in total. The molecule has 138 valence electrons. The van der Waals surface area contributed by atoms with Crippen LogP contribution in [0.4, 0.5) is 11.6 Å². The van der Waals surface area contributed by atoms with Crippen molar-refractivity contribution in [2.24, 2.45) is 0 Å². The number of aliphatic carboxylic acids is 1. The molecule has 0 aliphatic rings. The van der Waals surface area contributed by atoms with Crippen LogP contribution in [0.2, 0.25) is 0 Å². The Morgan fingerprint density at radius 2 is 1.85 bits per heavy atom. The minimum Gasteiger partial charge on any atom is -0.478 e. The van der Waals surface area contributed by atoms with Crippen LogP contribution in [0, 0.1) is 0 Å². The maximum absolute atomic E-state index is 11.2. The van der Waals surface area contributed by atoms with Gasteiger partial charge in [-0.25, -0.2) is 14.8 Å². The van der Waals surface area contributed by atoms with Crippen LogP contribution >= 0.6 is 0 Å². The molecule has 0 amide bonds. The first-order valence-corrected chi connectivity index (χ1v) is 7.95. The quantitative estimate of drug-likeness (QED) is 0.509. The van der Waals surface area contributed by atoms with Crippen molar-refractivity contribution in [2.45, 2.75) is 19.8 Å². The maximum Gasteiger partial charge on any atom is 0.333 e. The molecule has 8 heteroatoms. The van der Waals surface area contributed by atoms with E-state index in [1.54, 1.807) is 43.6 Å². The predicted octanol–water partition coefficient (Wildman–Crippen LogP) is 2.47. The molecule has 2 aromatic rings. The number of aromatic nitrogens is 2. The smallest absolute Gasteiger partial charge is 0.333 e. The van der Waals surface area contributed by atoms with E-state index in [0.29, 0.717) is 11.6 Å². The highest BCUT2D eigenvalue weighted by atomic mass is 16.5. The molecule has 0 spiro atoms. The summed E-state index contributed by atoms with van der Waals surface area (Å²) in [6.07, 6.45) is 4.73. The van der Waals surface area contributed by atoms with Crippen LogP contribution in [0.1, 0.15) is 19.8 Å². The lowest BCUT2D eigenvalue weighted by Gasteiger charge is -2.04. The summed E-state index contributed by atoms with van der Waals surface area (Å²) in [5.74, 6) is -0.375. The third kappa shape index (κ3) is 9.02. The minimum absolute atomic E-state index is 0.0376. The van der Waals surface area contributed by atoms with Crippen molar-refractivity contribution in [1.82, 2.24) is 9.97 Å². The Bertz CT molecular complexity index is 706. The number of carbonyl (C=O) groups is 2. The van der Waals surface area contributed by atoms with E-state index in [0.717, 1.165) is 0 Å². The summed E-state index contributed by atoms with van der Waals surface area (Å²) in [4.78, 5) is 29.9. The molecule has 0 aliphatic carbocycles. The number of nitrogens with zero attached hydrogens (tertiary/aromatic N) is 2. The van der Waals surface area contributed by atoms with E-state index in [4.69, 9.17) is 15.6 Å². The molecule has 0 saturated heterocycles. The van der Waals surface area contributed by atoms with Gasteiger partial charge < -0.3 is 20.9 Å². The van der Waals surface area contributed by atoms with Gasteiger partial charge in [-0.2, -0.15) is 0 Å². The predicted molar refractivity (Wildman–Crippen MR) is 98.1 cm³/mol. The summed E-state index contributed by atoms with van der Waals surface area (Å²) in [6.45, 7) is 1.99. The molecule has 2 aromatic heterocycles. The van der Waals surface area contributed by atoms with Crippen molar-refractivity contribution in [2.75, 3.05) is 17.7 Å². The van der Waals surface area contributed by atoms with E-state index >= 15 is 0 Å². The highest BCUT2D eigenvalue weighted by molar-refractivity contribution is 5.87. The normalized spacial score (nSPS) is 10.3. The van der Waals surface area contributed by atoms with Gasteiger partial charge in [-0.15, -0.1) is 0 Å². The zero-order valence-electron chi connectivity index (χ0n) is 14.5. The third-order valence-corrected chi connectivity index (χ3v) is 2.93. The van der Waals surface area contributed by atoms with Gasteiger partial charge in [0.15, 0.2) is 0 Å². The number of anilines is 2. The Balaban J connectivity index is 0.000000401. The number of hydrogen-bond donors (Lipinski definition) is 3. The summed E-state index contributed by atoms with van der Waals surface area (Å²) in [5, 5.41) is 11.8. The summed E-state index contributed by atoms with van der Waals surface area (Å²) in [6, 6.07) is 10.7. The van der Waals surface area contributed by atoms with Gasteiger partial charge in [-0.3, -0.25) is 4.79 Å². The molecular weight excluding hydrogens is 336 g/mol. The average Bonchev–Trinajstić information content (AvgIpc) is 2.63. The highest BCUT2D eigenvalue weighted by Crippen LogP contribution is 2.08. The van der Waals surface area contributed by atoms with Gasteiger partial charge in [-0.1, -0.05) is 12.1 Å². The first-order chi connectivity index (χ1) is 12.5. The number of nitrogen functional groups attached to an aromatic ring is 1. The zero-order chi connectivity index (χ0) is 19.2. The summed E-state index contributed by atoms with van der Waals surface area (Å²) >= 11 is 0. The number of carbonyl (C=O) groups excluding carboxylic acids is 1. The average molecular weight is 358 g/mol. The molecule has 0 saturated carbocycles. The van der Waals surface area contributed by atoms with Crippen LogP contribution < -0.4 is 11.1 Å². The second-order valence-electron chi connectivity index (χ2n) is 4.89. The van der Waals surface area contributed by atoms with Crippen molar-refractivity contribution in [3.8, 4) is 0 Å². The molecule has 0 aliphatic heterocycles. The van der Waals surface area contributed by atoms with E-state index in [9.17, 15) is 9.59 Å². The summed E-state index contributed by atoms with van der Waals surface area (Å²) in [7, 11) is 0. The van der Waals surface area contributed by atoms with Gasteiger partial charge in [0.25, 0.3) is 0 Å². The van der Waals surface area contributed by atoms with Crippen LogP contribution in [0.25, 0.3) is 0 Å². The molecule has 8 nitrogen and oxygen atoms in total. The van der Waals surface area contributed by atoms with Gasteiger partial charge in [0.05, 0.1) is 12.2 Å². The van der Waals surface area contributed by atoms with Crippen LogP contribution in [0.5, 0.6) is 0 Å². The summed E-state index contributed by atoms with van der Waals surface area (Å²) in [5.41, 5.74) is 5.34. The number of ether oxygens (including phenoxy) is 1. The second-order valence-corrected chi connectivity index (χ2v) is 4.89. The number of esters is 1. The van der Waals surface area contributed by atoms with Crippen molar-refractivity contribution < 1.29 is 19.4 Å². The summed E-state index contributed by atoms with van der Waals surface area (Å²) < 4.78 is 4.74. The molecule has 0 unspecified atom stereocenters. The number of rotatable bonds is 7. The fraction of sp³-hybridized carbons (Fsp3) is 0.222. The molecule has 0 fully saturated rings. The molecule has 0 aromatic carbocycles. The lowest BCUT2D eigenvalue weighted by molar-refractivity contribution is -0.143. The standard InChI is InChI=1S/C13H16N2O4.C5H6N2/c1-2-19-12(16)7-6-10(13(17)18)9-15-11-5-3-4-8-14-11;6-5-3-1-2-4-7-5/h3-5,8-9H,2,6-7H2,1H3,(H,14,15)(H,17,18);1-4H,(H2,6,7)/b10-9-;. The number of hydrogen-bond acceptors (Lipinski definition) is 7. The van der Waals surface area contributed by atoms with E-state index in [2.05, 4.69) is 15.3 Å². The topological polar surface area (TPSA) is 127 Å². The highest BCUT2D eigenvalue weighted by Gasteiger charge is 2.10. The number of carboxylic acids is 1. The van der Waals surface area contributed by atoms with Gasteiger partial charge in [0.2, 0.25) is 0 Å². The maximum atomic E-state index is 11.2. The van der Waals surface area contributed by atoms with Crippen molar-refractivity contribution in [3.05, 3.63) is 60.6 Å². The molecule has 0 bridgehead atoms. The van der Waals surface area contributed by atoms with Gasteiger partial charge in [0.1, 0.15) is 11.6 Å². The molecular formula is C18H22N4O4. The van der Waals surface area contributed by atoms with Gasteiger partial charge >= 0.3 is 11.9 Å². The third-order valence-electron chi connectivity index (χ3n) is 2.93. The monoisotopic (exact) mass is 358 g/mol. The van der Waals surface area contributed by atoms with Crippen LogP contribution in [-0.2, 0) is 14.3 Å². The van der Waals surface area contributed by atoms with E-state index < -0.39 is 11.9 Å². The Hall–Kier alpha value is -3.42. The molecule has 0 atom stereocenters. The van der Waals surface area contributed by atoms with Crippen LogP contribution in [0.15, 0.2) is 60.6 Å². The molecule has 2 rings (SSSR count). The van der Waals surface area contributed by atoms with Crippen molar-refractivity contribution in [1.29, 1.82) is 0 Å². The number of carboxylic acid groups (broad SMARTS) is 1. The first kappa shape index (κ1) is 20.6. The van der Waals surface area contributed by atoms with Crippen molar-refractivity contribution in [3.63, 3.8) is 0 Å². The number of nitrogens with one attached hydrogen (secondary N) is 1. The van der Waals surface area contributed by atoms with Gasteiger partial charge in [0, 0.05) is 25.0 Å². The minimum atomic E-state index is -1.08. The lowest BCUT2D eigenvalue weighted by Crippen LogP contribution is -2.09. The van der Waals surface area contributed by atoms with Crippen LogP contribution in [-0.4, -0.2) is 33.6 Å². The largest absolute Gasteiger partial charge is 0.478 e. The van der Waals surface area contributed by atoms with E-state index in [-0.39, 0.29) is 25.0 Å². The Labute approximate surface area is 151 Å². The Morgan fingerprint density at radius 3 is 2.31 bits per heavy atom. The SMILES string of the molecule is CCOC(=O)CC/C(=C/Nc1ccccn1)C(=O)O.Nc1ccccn1.